The molecule has 1 aromatic heterocycles. The van der Waals surface area contributed by atoms with Crippen LogP contribution >= 0.6 is 0 Å². The number of hydrogen-bond donors (Lipinski definition) is 2. The number of nitrogen functional groups attached to an aromatic ring is 1. The average Bonchev–Trinajstić information content (AvgIpc) is 2.78. The molecule has 21 heavy (non-hydrogen) atoms. The van der Waals surface area contributed by atoms with E-state index in [-0.39, 0.29) is 10.6 Å². The Labute approximate surface area is 121 Å². The summed E-state index contributed by atoms with van der Waals surface area (Å²) in [5, 5.41) is 0. The minimum Gasteiger partial charge on any atom is -0.399 e. The van der Waals surface area contributed by atoms with Gasteiger partial charge in [-0.05, 0) is 43.3 Å². The maximum Gasteiger partial charge on any atom is 0.339 e. The summed E-state index contributed by atoms with van der Waals surface area (Å²) in [4.78, 5) is 7.33. The van der Waals surface area contributed by atoms with Gasteiger partial charge in [-0.15, -0.1) is 0 Å². The third-order valence-electron chi connectivity index (χ3n) is 2.95. The molecule has 0 saturated carbocycles. The van der Waals surface area contributed by atoms with E-state index in [2.05, 4.69) is 9.97 Å². The van der Waals surface area contributed by atoms with Crippen LogP contribution in [0.3, 0.4) is 0 Å². The smallest absolute Gasteiger partial charge is 0.339 e. The Balaban J connectivity index is 1.94. The molecular weight excluding hydrogens is 290 g/mol. The largest absolute Gasteiger partial charge is 0.399 e. The lowest BCUT2D eigenvalue weighted by atomic mass is 10.3. The molecule has 0 atom stereocenters. The molecular formula is C14H13N3O3S. The van der Waals surface area contributed by atoms with Crippen LogP contribution in [0.1, 0.15) is 5.82 Å². The SMILES string of the molecule is Cc1nc2ccc(OS(=O)(=O)c3ccc(N)cc3)cc2[nH]1. The molecule has 0 aliphatic carbocycles. The van der Waals surface area contributed by atoms with Crippen LogP contribution in [-0.2, 0) is 10.1 Å². The first-order chi connectivity index (χ1) is 9.94. The molecule has 6 nitrogen and oxygen atoms in total. The number of imidazole rings is 1. The minimum atomic E-state index is -3.88. The molecule has 0 fully saturated rings. The maximum absolute atomic E-state index is 12.2. The van der Waals surface area contributed by atoms with Crippen molar-refractivity contribution in [1.82, 2.24) is 9.97 Å². The summed E-state index contributed by atoms with van der Waals surface area (Å²) in [6.07, 6.45) is 0. The van der Waals surface area contributed by atoms with Gasteiger partial charge in [-0.2, -0.15) is 8.42 Å². The fourth-order valence-corrected chi connectivity index (χ4v) is 2.90. The molecule has 1 heterocycles. The molecule has 2 aromatic carbocycles. The van der Waals surface area contributed by atoms with Crippen molar-refractivity contribution >= 4 is 26.8 Å². The third-order valence-corrected chi connectivity index (χ3v) is 4.21. The van der Waals surface area contributed by atoms with Gasteiger partial charge in [0.15, 0.2) is 0 Å². The second-order valence-electron chi connectivity index (χ2n) is 4.61. The van der Waals surface area contributed by atoms with Gasteiger partial charge in [0, 0.05) is 11.8 Å². The second kappa shape index (κ2) is 4.78. The number of aromatic nitrogens is 2. The van der Waals surface area contributed by atoms with E-state index in [4.69, 9.17) is 9.92 Å². The van der Waals surface area contributed by atoms with Crippen molar-refractivity contribution in [3.8, 4) is 5.75 Å². The maximum atomic E-state index is 12.2. The molecule has 0 spiro atoms. The monoisotopic (exact) mass is 303 g/mol. The number of nitrogens with one attached hydrogen (secondary N) is 1. The summed E-state index contributed by atoms with van der Waals surface area (Å²) in [7, 11) is -3.88. The van der Waals surface area contributed by atoms with Crippen LogP contribution in [0.25, 0.3) is 11.0 Å². The van der Waals surface area contributed by atoms with E-state index in [9.17, 15) is 8.42 Å². The van der Waals surface area contributed by atoms with Crippen LogP contribution in [0, 0.1) is 6.92 Å². The normalized spacial score (nSPS) is 11.7. The fourth-order valence-electron chi connectivity index (χ4n) is 1.98. The fraction of sp³-hybridized carbons (Fsp3) is 0.0714. The van der Waals surface area contributed by atoms with Crippen molar-refractivity contribution in [2.24, 2.45) is 0 Å². The lowest BCUT2D eigenvalue weighted by molar-refractivity contribution is 0.486. The van der Waals surface area contributed by atoms with E-state index < -0.39 is 10.1 Å². The van der Waals surface area contributed by atoms with Crippen LogP contribution in [0.5, 0.6) is 5.75 Å². The molecule has 0 radical (unpaired) electrons. The second-order valence-corrected chi connectivity index (χ2v) is 6.15. The summed E-state index contributed by atoms with van der Waals surface area (Å²) < 4.78 is 29.5. The highest BCUT2D eigenvalue weighted by Gasteiger charge is 2.16. The van der Waals surface area contributed by atoms with E-state index >= 15 is 0 Å². The molecule has 3 aromatic rings. The molecule has 0 aliphatic heterocycles. The van der Waals surface area contributed by atoms with E-state index in [1.165, 1.54) is 24.3 Å². The van der Waals surface area contributed by atoms with E-state index in [1.54, 1.807) is 18.2 Å². The molecule has 108 valence electrons. The summed E-state index contributed by atoms with van der Waals surface area (Å²) in [5.74, 6) is 0.978. The predicted octanol–water partition coefficient (Wildman–Crippen LogP) is 2.22. The summed E-state index contributed by atoms with van der Waals surface area (Å²) >= 11 is 0. The molecule has 0 bridgehead atoms. The standard InChI is InChI=1S/C14H13N3O3S/c1-9-16-13-7-4-11(8-14(13)17-9)20-21(18,19)12-5-2-10(15)3-6-12/h2-8H,15H2,1H3,(H,16,17). The van der Waals surface area contributed by atoms with Crippen LogP contribution in [0.4, 0.5) is 5.69 Å². The highest BCUT2D eigenvalue weighted by atomic mass is 32.2. The molecule has 0 amide bonds. The van der Waals surface area contributed by atoms with Crippen molar-refractivity contribution < 1.29 is 12.6 Å². The van der Waals surface area contributed by atoms with Gasteiger partial charge in [0.2, 0.25) is 0 Å². The molecule has 0 saturated heterocycles. The minimum absolute atomic E-state index is 0.0533. The third kappa shape index (κ3) is 2.68. The molecule has 7 heteroatoms. The van der Waals surface area contributed by atoms with Gasteiger partial charge in [0.25, 0.3) is 0 Å². The van der Waals surface area contributed by atoms with Crippen molar-refractivity contribution in [2.45, 2.75) is 11.8 Å². The van der Waals surface area contributed by atoms with E-state index in [1.807, 2.05) is 6.92 Å². The van der Waals surface area contributed by atoms with Crippen LogP contribution < -0.4 is 9.92 Å². The predicted molar refractivity (Wildman–Crippen MR) is 79.5 cm³/mol. The Kier molecular flexibility index (Phi) is 3.06. The quantitative estimate of drug-likeness (QED) is 0.571. The Morgan fingerprint density at radius 2 is 1.86 bits per heavy atom. The summed E-state index contributed by atoms with van der Waals surface area (Å²) in [6.45, 7) is 1.83. The number of benzene rings is 2. The Morgan fingerprint density at radius 3 is 2.57 bits per heavy atom. The van der Waals surface area contributed by atoms with Gasteiger partial charge >= 0.3 is 10.1 Å². The topological polar surface area (TPSA) is 98.1 Å². The Hall–Kier alpha value is -2.54. The first-order valence-corrected chi connectivity index (χ1v) is 7.61. The number of anilines is 1. The van der Waals surface area contributed by atoms with Crippen molar-refractivity contribution in [3.05, 3.63) is 48.3 Å². The van der Waals surface area contributed by atoms with Gasteiger partial charge in [-0.25, -0.2) is 4.98 Å². The zero-order chi connectivity index (χ0) is 15.0. The lowest BCUT2D eigenvalue weighted by Crippen LogP contribution is -2.09. The highest BCUT2D eigenvalue weighted by molar-refractivity contribution is 7.87. The van der Waals surface area contributed by atoms with Crippen LogP contribution in [0.2, 0.25) is 0 Å². The zero-order valence-corrected chi connectivity index (χ0v) is 12.0. The average molecular weight is 303 g/mol. The summed E-state index contributed by atoms with van der Waals surface area (Å²) in [5.41, 5.74) is 7.50. The number of nitrogens with two attached hydrogens (primary N) is 1. The number of nitrogens with zero attached hydrogens (tertiary/aromatic N) is 1. The highest BCUT2D eigenvalue weighted by Crippen LogP contribution is 2.23. The van der Waals surface area contributed by atoms with Gasteiger partial charge in [-0.1, -0.05) is 0 Å². The van der Waals surface area contributed by atoms with Crippen LogP contribution in [-0.4, -0.2) is 18.4 Å². The number of aromatic amines is 1. The molecule has 3 rings (SSSR count). The van der Waals surface area contributed by atoms with E-state index in [0.29, 0.717) is 5.69 Å². The van der Waals surface area contributed by atoms with Gasteiger partial charge in [0.05, 0.1) is 11.0 Å². The van der Waals surface area contributed by atoms with Crippen molar-refractivity contribution in [3.63, 3.8) is 0 Å². The molecule has 0 unspecified atom stereocenters. The van der Waals surface area contributed by atoms with Crippen molar-refractivity contribution in [2.75, 3.05) is 5.73 Å². The first-order valence-electron chi connectivity index (χ1n) is 6.20. The van der Waals surface area contributed by atoms with E-state index in [0.717, 1.165) is 16.9 Å². The lowest BCUT2D eigenvalue weighted by Gasteiger charge is -2.07. The number of H-pyrrole nitrogens is 1. The molecule has 0 aliphatic rings. The van der Waals surface area contributed by atoms with Gasteiger partial charge < -0.3 is 14.9 Å². The van der Waals surface area contributed by atoms with Crippen molar-refractivity contribution in [1.29, 1.82) is 0 Å². The van der Waals surface area contributed by atoms with Crippen LogP contribution in [0.15, 0.2) is 47.4 Å². The van der Waals surface area contributed by atoms with Gasteiger partial charge in [-0.3, -0.25) is 0 Å². The molecule has 3 N–H and O–H groups in total. The number of hydrogen-bond acceptors (Lipinski definition) is 5. The number of fused-ring (bicyclic) bond motifs is 1. The Morgan fingerprint density at radius 1 is 1.14 bits per heavy atom. The first kappa shape index (κ1) is 13.4. The van der Waals surface area contributed by atoms with Gasteiger partial charge in [0.1, 0.15) is 16.5 Å². The zero-order valence-electron chi connectivity index (χ0n) is 11.2. The number of rotatable bonds is 3. The summed E-state index contributed by atoms with van der Waals surface area (Å²) in [6, 6.07) is 10.7. The Bertz CT molecular complexity index is 899. The number of aryl methyl sites for hydroxylation is 1.